The second-order valence-electron chi connectivity index (χ2n) is 4.46. The highest BCUT2D eigenvalue weighted by atomic mass is 14.1. The van der Waals surface area contributed by atoms with Crippen molar-refractivity contribution < 1.29 is 0 Å². The SMILES string of the molecule is C=C(c1cccc(C(C)C)c1)C(C)C. The Balaban J connectivity index is 3.00. The smallest absolute Gasteiger partial charge is 0.0219 e. The van der Waals surface area contributed by atoms with Crippen LogP contribution in [0.1, 0.15) is 44.7 Å². The van der Waals surface area contributed by atoms with Crippen molar-refractivity contribution in [3.8, 4) is 0 Å². The molecule has 0 spiro atoms. The lowest BCUT2D eigenvalue weighted by molar-refractivity contribution is 0.848. The molecular formula is C14H20. The first-order valence-electron chi connectivity index (χ1n) is 5.31. The molecule has 0 N–H and O–H groups in total. The van der Waals surface area contributed by atoms with Crippen LogP contribution < -0.4 is 0 Å². The van der Waals surface area contributed by atoms with E-state index in [0.717, 1.165) is 0 Å². The predicted molar refractivity (Wildman–Crippen MR) is 64.4 cm³/mol. The maximum absolute atomic E-state index is 4.12. The van der Waals surface area contributed by atoms with Crippen LogP contribution in [0.2, 0.25) is 0 Å². The van der Waals surface area contributed by atoms with Gasteiger partial charge in [0.05, 0.1) is 0 Å². The molecule has 0 saturated heterocycles. The first kappa shape index (κ1) is 11.0. The minimum atomic E-state index is 0.525. The van der Waals surface area contributed by atoms with Crippen molar-refractivity contribution in [3.05, 3.63) is 42.0 Å². The van der Waals surface area contributed by atoms with Crippen molar-refractivity contribution in [2.24, 2.45) is 5.92 Å². The fourth-order valence-corrected chi connectivity index (χ4v) is 1.43. The monoisotopic (exact) mass is 188 g/mol. The Hall–Kier alpha value is -1.04. The zero-order valence-corrected chi connectivity index (χ0v) is 9.67. The van der Waals surface area contributed by atoms with Gasteiger partial charge in [0, 0.05) is 0 Å². The van der Waals surface area contributed by atoms with E-state index in [-0.39, 0.29) is 0 Å². The topological polar surface area (TPSA) is 0 Å². The van der Waals surface area contributed by atoms with Gasteiger partial charge in [0.1, 0.15) is 0 Å². The van der Waals surface area contributed by atoms with E-state index in [0.29, 0.717) is 11.8 Å². The van der Waals surface area contributed by atoms with Crippen molar-refractivity contribution in [3.63, 3.8) is 0 Å². The first-order valence-corrected chi connectivity index (χ1v) is 5.31. The normalized spacial score (nSPS) is 11.0. The van der Waals surface area contributed by atoms with Gasteiger partial charge in [-0.05, 0) is 28.5 Å². The van der Waals surface area contributed by atoms with Crippen molar-refractivity contribution >= 4 is 5.57 Å². The molecule has 0 aliphatic heterocycles. The molecule has 0 amide bonds. The van der Waals surface area contributed by atoms with Crippen LogP contribution in [0.15, 0.2) is 30.8 Å². The van der Waals surface area contributed by atoms with Gasteiger partial charge in [-0.15, -0.1) is 0 Å². The van der Waals surface area contributed by atoms with E-state index in [1.165, 1.54) is 16.7 Å². The molecule has 0 heterocycles. The molecule has 0 fully saturated rings. The average molecular weight is 188 g/mol. The first-order chi connectivity index (χ1) is 6.52. The van der Waals surface area contributed by atoms with Crippen LogP contribution in [-0.4, -0.2) is 0 Å². The van der Waals surface area contributed by atoms with Gasteiger partial charge in [-0.25, -0.2) is 0 Å². The third-order valence-corrected chi connectivity index (χ3v) is 2.62. The van der Waals surface area contributed by atoms with E-state index in [9.17, 15) is 0 Å². The maximum atomic E-state index is 4.12. The van der Waals surface area contributed by atoms with Crippen LogP contribution in [0.3, 0.4) is 0 Å². The van der Waals surface area contributed by atoms with Gasteiger partial charge in [-0.3, -0.25) is 0 Å². The lowest BCUT2D eigenvalue weighted by atomic mass is 9.93. The van der Waals surface area contributed by atoms with Crippen LogP contribution in [0, 0.1) is 5.92 Å². The second kappa shape index (κ2) is 4.45. The van der Waals surface area contributed by atoms with Crippen LogP contribution in [-0.2, 0) is 0 Å². The Morgan fingerprint density at radius 3 is 2.29 bits per heavy atom. The predicted octanol–water partition coefficient (Wildman–Crippen LogP) is 4.48. The Morgan fingerprint density at radius 2 is 1.79 bits per heavy atom. The molecule has 0 unspecified atom stereocenters. The lowest BCUT2D eigenvalue weighted by Crippen LogP contribution is -1.94. The summed E-state index contributed by atoms with van der Waals surface area (Å²) in [6.07, 6.45) is 0. The molecule has 0 radical (unpaired) electrons. The van der Waals surface area contributed by atoms with Gasteiger partial charge in [-0.1, -0.05) is 58.5 Å². The Morgan fingerprint density at radius 1 is 1.14 bits per heavy atom. The van der Waals surface area contributed by atoms with Crippen molar-refractivity contribution in [1.29, 1.82) is 0 Å². The second-order valence-corrected chi connectivity index (χ2v) is 4.46. The molecule has 0 bridgehead atoms. The van der Waals surface area contributed by atoms with E-state index in [1.54, 1.807) is 0 Å². The minimum absolute atomic E-state index is 0.525. The molecule has 0 aromatic heterocycles. The number of hydrogen-bond acceptors (Lipinski definition) is 0. The summed E-state index contributed by atoms with van der Waals surface area (Å²) < 4.78 is 0. The molecule has 1 rings (SSSR count). The van der Waals surface area contributed by atoms with Gasteiger partial charge >= 0.3 is 0 Å². The van der Waals surface area contributed by atoms with Crippen molar-refractivity contribution in [2.45, 2.75) is 33.6 Å². The van der Waals surface area contributed by atoms with E-state index in [4.69, 9.17) is 0 Å². The Bertz CT molecular complexity index is 319. The summed E-state index contributed by atoms with van der Waals surface area (Å²) in [5, 5.41) is 0. The molecule has 1 aromatic rings. The molecule has 0 aliphatic rings. The van der Waals surface area contributed by atoms with E-state index in [2.05, 4.69) is 58.5 Å². The van der Waals surface area contributed by atoms with Crippen molar-refractivity contribution in [1.82, 2.24) is 0 Å². The fourth-order valence-electron chi connectivity index (χ4n) is 1.43. The molecule has 0 saturated carbocycles. The largest absolute Gasteiger partial charge is 0.0950 e. The molecular weight excluding hydrogens is 168 g/mol. The van der Waals surface area contributed by atoms with Gasteiger partial charge in [0.25, 0.3) is 0 Å². The molecule has 0 aliphatic carbocycles. The summed E-state index contributed by atoms with van der Waals surface area (Å²) in [4.78, 5) is 0. The fraction of sp³-hybridized carbons (Fsp3) is 0.429. The lowest BCUT2D eigenvalue weighted by Gasteiger charge is -2.12. The Kier molecular flexibility index (Phi) is 3.51. The number of hydrogen-bond donors (Lipinski definition) is 0. The summed E-state index contributed by atoms with van der Waals surface area (Å²) >= 11 is 0. The number of benzene rings is 1. The highest BCUT2D eigenvalue weighted by Crippen LogP contribution is 2.24. The van der Waals surface area contributed by atoms with Gasteiger partial charge in [-0.2, -0.15) is 0 Å². The summed E-state index contributed by atoms with van der Waals surface area (Å²) in [6.45, 7) is 12.9. The average Bonchev–Trinajstić information content (AvgIpc) is 2.16. The standard InChI is InChI=1S/C14H20/c1-10(2)12(5)14-8-6-7-13(9-14)11(3)4/h6-11H,5H2,1-4H3. The van der Waals surface area contributed by atoms with E-state index >= 15 is 0 Å². The Labute approximate surface area is 87.7 Å². The highest BCUT2D eigenvalue weighted by Gasteiger charge is 2.05. The summed E-state index contributed by atoms with van der Waals surface area (Å²) in [5.74, 6) is 1.12. The minimum Gasteiger partial charge on any atom is -0.0950 e. The summed E-state index contributed by atoms with van der Waals surface area (Å²) in [6, 6.07) is 8.71. The molecule has 0 atom stereocenters. The van der Waals surface area contributed by atoms with Crippen LogP contribution in [0.5, 0.6) is 0 Å². The third kappa shape index (κ3) is 2.47. The van der Waals surface area contributed by atoms with Crippen LogP contribution in [0.25, 0.3) is 5.57 Å². The molecule has 0 heteroatoms. The van der Waals surface area contributed by atoms with Gasteiger partial charge in [0.15, 0.2) is 0 Å². The van der Waals surface area contributed by atoms with Crippen LogP contribution in [0.4, 0.5) is 0 Å². The molecule has 76 valence electrons. The molecule has 0 nitrogen and oxygen atoms in total. The summed E-state index contributed by atoms with van der Waals surface area (Å²) in [5.41, 5.74) is 3.91. The molecule has 1 aromatic carbocycles. The highest BCUT2D eigenvalue weighted by molar-refractivity contribution is 5.65. The van der Waals surface area contributed by atoms with Crippen LogP contribution >= 0.6 is 0 Å². The van der Waals surface area contributed by atoms with E-state index in [1.807, 2.05) is 0 Å². The third-order valence-electron chi connectivity index (χ3n) is 2.62. The zero-order chi connectivity index (χ0) is 10.7. The summed E-state index contributed by atoms with van der Waals surface area (Å²) in [7, 11) is 0. The van der Waals surface area contributed by atoms with Crippen molar-refractivity contribution in [2.75, 3.05) is 0 Å². The quantitative estimate of drug-likeness (QED) is 0.656. The zero-order valence-electron chi connectivity index (χ0n) is 9.67. The van der Waals surface area contributed by atoms with Gasteiger partial charge in [0.2, 0.25) is 0 Å². The van der Waals surface area contributed by atoms with E-state index < -0.39 is 0 Å². The molecule has 14 heavy (non-hydrogen) atoms. The number of rotatable bonds is 3. The van der Waals surface area contributed by atoms with Gasteiger partial charge < -0.3 is 0 Å². The number of allylic oxidation sites excluding steroid dienone is 1. The maximum Gasteiger partial charge on any atom is -0.0219 e.